The van der Waals surface area contributed by atoms with Gasteiger partial charge >= 0.3 is 0 Å². The molecule has 0 aromatic rings. The van der Waals surface area contributed by atoms with Crippen LogP contribution in [0.1, 0.15) is 13.8 Å². The van der Waals surface area contributed by atoms with Crippen LogP contribution in [0.15, 0.2) is 23.8 Å². The third kappa shape index (κ3) is 5.33. The van der Waals surface area contributed by atoms with Crippen molar-refractivity contribution in [1.82, 2.24) is 0 Å². The molecule has 74 valence electrons. The molecule has 0 heterocycles. The highest BCUT2D eigenvalue weighted by atomic mass is 16.3. The minimum Gasteiger partial charge on any atom is -0.396 e. The van der Waals surface area contributed by atoms with Crippen LogP contribution < -0.4 is 0 Å². The molecule has 0 aromatic heterocycles. The minimum atomic E-state index is -0.240. The fourth-order valence-electron chi connectivity index (χ4n) is 0.654. The Bertz CT molecular complexity index is 212. The molecule has 0 saturated heterocycles. The van der Waals surface area contributed by atoms with Crippen molar-refractivity contribution in [2.75, 3.05) is 13.2 Å². The molecule has 0 amide bonds. The topological polar surface area (TPSA) is 57.5 Å². The Hall–Kier alpha value is -0.930. The zero-order valence-corrected chi connectivity index (χ0v) is 8.03. The fraction of sp³-hybridized carbons (Fsp3) is 0.500. The molecule has 0 aromatic carbocycles. The number of Topliss-reactive ketones (excluding diaryl/α,β-unsaturated/α-hetero) is 1. The van der Waals surface area contributed by atoms with Gasteiger partial charge in [0, 0.05) is 5.92 Å². The summed E-state index contributed by atoms with van der Waals surface area (Å²) in [5.74, 6) is -0.217. The molecular formula is C10H16O3. The van der Waals surface area contributed by atoms with E-state index in [1.165, 1.54) is 6.92 Å². The second-order valence-corrected chi connectivity index (χ2v) is 2.92. The van der Waals surface area contributed by atoms with Crippen molar-refractivity contribution in [2.45, 2.75) is 13.8 Å². The molecule has 0 unspecified atom stereocenters. The summed E-state index contributed by atoms with van der Waals surface area (Å²) in [6.45, 7) is 3.05. The smallest absolute Gasteiger partial charge is 0.155 e. The van der Waals surface area contributed by atoms with Crippen molar-refractivity contribution in [1.29, 1.82) is 0 Å². The number of aliphatic hydroxyl groups excluding tert-OH is 2. The van der Waals surface area contributed by atoms with Crippen LogP contribution in [-0.4, -0.2) is 29.2 Å². The number of hydrogen-bond donors (Lipinski definition) is 2. The molecule has 2 N–H and O–H groups in total. The van der Waals surface area contributed by atoms with Crippen LogP contribution in [0.4, 0.5) is 0 Å². The molecule has 0 spiro atoms. The Labute approximate surface area is 78.4 Å². The molecule has 3 heteroatoms. The van der Waals surface area contributed by atoms with E-state index in [2.05, 4.69) is 0 Å². The Balaban J connectivity index is 4.12. The van der Waals surface area contributed by atoms with Gasteiger partial charge in [-0.05, 0) is 19.4 Å². The molecule has 13 heavy (non-hydrogen) atoms. The fourth-order valence-corrected chi connectivity index (χ4v) is 0.654. The number of ketones is 1. The lowest BCUT2D eigenvalue weighted by molar-refractivity contribution is -0.113. The highest BCUT2D eigenvalue weighted by Gasteiger charge is 1.98. The summed E-state index contributed by atoms with van der Waals surface area (Å²) in [5, 5.41) is 17.4. The third-order valence-corrected chi connectivity index (χ3v) is 1.75. The van der Waals surface area contributed by atoms with E-state index in [1.807, 2.05) is 0 Å². The first-order valence-corrected chi connectivity index (χ1v) is 4.19. The van der Waals surface area contributed by atoms with E-state index >= 15 is 0 Å². The standard InChI is InChI=1S/C10H16O3/c1-8(9(2)13)4-3-5-10(6-11)7-12/h3-5,10-12H,6-7H2,1-2H3/b5-3+,8-4+. The summed E-state index contributed by atoms with van der Waals surface area (Å²) in [6.07, 6.45) is 5.01. The summed E-state index contributed by atoms with van der Waals surface area (Å²) >= 11 is 0. The van der Waals surface area contributed by atoms with Gasteiger partial charge in [0.15, 0.2) is 5.78 Å². The van der Waals surface area contributed by atoms with Crippen molar-refractivity contribution in [3.05, 3.63) is 23.8 Å². The number of rotatable bonds is 5. The van der Waals surface area contributed by atoms with E-state index in [0.717, 1.165) is 0 Å². The number of hydrogen-bond acceptors (Lipinski definition) is 3. The molecule has 0 rings (SSSR count). The van der Waals surface area contributed by atoms with Gasteiger partial charge in [-0.15, -0.1) is 0 Å². The number of allylic oxidation sites excluding steroid dienone is 3. The van der Waals surface area contributed by atoms with Gasteiger partial charge in [0.2, 0.25) is 0 Å². The molecule has 0 saturated carbocycles. The van der Waals surface area contributed by atoms with Gasteiger partial charge in [-0.25, -0.2) is 0 Å². The molecular weight excluding hydrogens is 168 g/mol. The van der Waals surface area contributed by atoms with Gasteiger partial charge in [0.1, 0.15) is 0 Å². The average Bonchev–Trinajstić information content (AvgIpc) is 2.12. The molecule has 0 bridgehead atoms. The van der Waals surface area contributed by atoms with E-state index in [1.54, 1.807) is 25.2 Å². The predicted octanol–water partition coefficient (Wildman–Crippen LogP) is 0.679. The lowest BCUT2D eigenvalue weighted by Crippen LogP contribution is -2.06. The van der Waals surface area contributed by atoms with Gasteiger partial charge in [-0.1, -0.05) is 18.2 Å². The first kappa shape index (κ1) is 12.1. The summed E-state index contributed by atoms with van der Waals surface area (Å²) in [7, 11) is 0. The number of aliphatic hydroxyl groups is 2. The molecule has 0 aliphatic heterocycles. The Morgan fingerprint density at radius 1 is 1.31 bits per heavy atom. The summed E-state index contributed by atoms with van der Waals surface area (Å²) in [5.41, 5.74) is 0.658. The zero-order chi connectivity index (χ0) is 10.3. The monoisotopic (exact) mass is 184 g/mol. The Morgan fingerprint density at radius 3 is 2.23 bits per heavy atom. The number of carbonyl (C=O) groups excluding carboxylic acids is 1. The highest BCUT2D eigenvalue weighted by molar-refractivity contribution is 5.92. The maximum atomic E-state index is 10.8. The van der Waals surface area contributed by atoms with Crippen molar-refractivity contribution < 1.29 is 15.0 Å². The van der Waals surface area contributed by atoms with Crippen molar-refractivity contribution in [3.63, 3.8) is 0 Å². The molecule has 0 radical (unpaired) electrons. The quantitative estimate of drug-likeness (QED) is 0.488. The van der Waals surface area contributed by atoms with E-state index in [9.17, 15) is 4.79 Å². The third-order valence-electron chi connectivity index (χ3n) is 1.75. The average molecular weight is 184 g/mol. The van der Waals surface area contributed by atoms with Gasteiger partial charge in [-0.2, -0.15) is 0 Å². The first-order valence-electron chi connectivity index (χ1n) is 4.19. The summed E-state index contributed by atoms with van der Waals surface area (Å²) < 4.78 is 0. The van der Waals surface area contributed by atoms with E-state index in [0.29, 0.717) is 5.57 Å². The second kappa shape index (κ2) is 6.57. The van der Waals surface area contributed by atoms with Gasteiger partial charge < -0.3 is 10.2 Å². The molecule has 0 fully saturated rings. The lowest BCUT2D eigenvalue weighted by atomic mass is 10.1. The van der Waals surface area contributed by atoms with Crippen LogP contribution in [-0.2, 0) is 4.79 Å². The van der Waals surface area contributed by atoms with Crippen molar-refractivity contribution >= 4 is 5.78 Å². The Morgan fingerprint density at radius 2 is 1.85 bits per heavy atom. The Kier molecular flexibility index (Phi) is 6.10. The van der Waals surface area contributed by atoms with Crippen LogP contribution in [0.3, 0.4) is 0 Å². The lowest BCUT2D eigenvalue weighted by Gasteiger charge is -2.01. The van der Waals surface area contributed by atoms with Gasteiger partial charge in [0.05, 0.1) is 13.2 Å². The maximum absolute atomic E-state index is 10.8. The molecule has 0 atom stereocenters. The minimum absolute atomic E-state index is 0.0224. The predicted molar refractivity (Wildman–Crippen MR) is 51.2 cm³/mol. The molecule has 3 nitrogen and oxygen atoms in total. The maximum Gasteiger partial charge on any atom is 0.155 e. The van der Waals surface area contributed by atoms with Crippen molar-refractivity contribution in [3.8, 4) is 0 Å². The van der Waals surface area contributed by atoms with Crippen LogP contribution in [0.2, 0.25) is 0 Å². The van der Waals surface area contributed by atoms with Crippen molar-refractivity contribution in [2.24, 2.45) is 5.92 Å². The van der Waals surface area contributed by atoms with E-state index in [-0.39, 0.29) is 24.9 Å². The second-order valence-electron chi connectivity index (χ2n) is 2.92. The summed E-state index contributed by atoms with van der Waals surface area (Å²) in [6, 6.07) is 0. The summed E-state index contributed by atoms with van der Waals surface area (Å²) in [4.78, 5) is 10.8. The van der Waals surface area contributed by atoms with Crippen LogP contribution in [0.25, 0.3) is 0 Å². The van der Waals surface area contributed by atoms with E-state index in [4.69, 9.17) is 10.2 Å². The molecule has 0 aliphatic carbocycles. The zero-order valence-electron chi connectivity index (χ0n) is 8.03. The van der Waals surface area contributed by atoms with Gasteiger partial charge in [-0.3, -0.25) is 4.79 Å². The first-order chi connectivity index (χ1) is 6.11. The SMILES string of the molecule is CC(=O)/C(C)=C/C=C/C(CO)CO. The van der Waals surface area contributed by atoms with Crippen LogP contribution >= 0.6 is 0 Å². The van der Waals surface area contributed by atoms with Crippen LogP contribution in [0.5, 0.6) is 0 Å². The van der Waals surface area contributed by atoms with Gasteiger partial charge in [0.25, 0.3) is 0 Å². The number of carbonyl (C=O) groups is 1. The normalized spacial score (nSPS) is 12.8. The van der Waals surface area contributed by atoms with E-state index < -0.39 is 0 Å². The van der Waals surface area contributed by atoms with Crippen LogP contribution in [0, 0.1) is 5.92 Å². The largest absolute Gasteiger partial charge is 0.396 e. The molecule has 0 aliphatic rings. The highest BCUT2D eigenvalue weighted by Crippen LogP contribution is 1.99.